The minimum absolute atomic E-state index is 0.0606. The van der Waals surface area contributed by atoms with Gasteiger partial charge in [0.2, 0.25) is 0 Å². The molecule has 76 heavy (non-hydrogen) atoms. The van der Waals surface area contributed by atoms with Gasteiger partial charge in [0.15, 0.2) is 0 Å². The van der Waals surface area contributed by atoms with E-state index < -0.39 is 0 Å². The van der Waals surface area contributed by atoms with Crippen molar-refractivity contribution < 1.29 is 0 Å². The van der Waals surface area contributed by atoms with Crippen LogP contribution in [0.2, 0.25) is 0 Å². The second kappa shape index (κ2) is 22.2. The molecular weight excluding hydrogens is 929 g/mol. The summed E-state index contributed by atoms with van der Waals surface area (Å²) in [5.41, 5.74) is 20.6. The predicted molar refractivity (Wildman–Crippen MR) is 318 cm³/mol. The molecule has 0 saturated heterocycles. The number of allylic oxidation sites excluding steroid dienone is 4. The molecule has 4 aromatic carbocycles. The third kappa shape index (κ3) is 10.8. The minimum atomic E-state index is -0.357. The van der Waals surface area contributed by atoms with Crippen molar-refractivity contribution in [1.29, 1.82) is 0 Å². The Morgan fingerprint density at radius 3 is 1.16 bits per heavy atom. The zero-order valence-electron chi connectivity index (χ0n) is 45.2. The number of rotatable bonds is 19. The maximum absolute atomic E-state index is 5.60. The van der Waals surface area contributed by atoms with Crippen molar-refractivity contribution in [2.75, 3.05) is 0 Å². The number of aromatic amines is 4. The number of benzene rings is 4. The number of hydrogen-bond acceptors (Lipinski definition) is 4. The second-order valence-electron chi connectivity index (χ2n) is 21.2. The molecule has 0 aliphatic carbocycles. The predicted octanol–water partition coefficient (Wildman–Crippen LogP) is 16.6. The van der Waals surface area contributed by atoms with Crippen LogP contribution in [0, 0.1) is 0 Å². The van der Waals surface area contributed by atoms with Gasteiger partial charge in [-0.05, 0) is 148 Å². The van der Waals surface area contributed by atoms with E-state index in [0.29, 0.717) is 0 Å². The van der Waals surface area contributed by atoms with E-state index in [1.165, 1.54) is 22.3 Å². The number of aromatic nitrogens is 4. The largest absolute Gasteiger partial charge is 0.358 e. The Labute approximate surface area is 449 Å². The van der Waals surface area contributed by atoms with Crippen molar-refractivity contribution in [3.63, 3.8) is 0 Å². The number of hydrogen-bond donors (Lipinski definition) is 4. The zero-order valence-corrected chi connectivity index (χ0v) is 45.2. The Kier molecular flexibility index (Phi) is 15.0. The van der Waals surface area contributed by atoms with Gasteiger partial charge in [-0.15, -0.1) is 0 Å². The maximum Gasteiger partial charge on any atom is 0.0897 e. The van der Waals surface area contributed by atoms with Crippen molar-refractivity contribution >= 4 is 35.0 Å². The molecule has 2 aliphatic rings. The van der Waals surface area contributed by atoms with Gasteiger partial charge < -0.3 is 19.9 Å². The van der Waals surface area contributed by atoms with Gasteiger partial charge in [0.25, 0.3) is 0 Å². The Balaban J connectivity index is 0.998. The summed E-state index contributed by atoms with van der Waals surface area (Å²) >= 11 is 0. The molecule has 8 aromatic rings. The van der Waals surface area contributed by atoms with Crippen LogP contribution in [0.1, 0.15) is 161 Å². The smallest absolute Gasteiger partial charge is 0.0897 e. The summed E-state index contributed by atoms with van der Waals surface area (Å²) in [5.74, 6) is 0. The Bertz CT molecular complexity index is 3320. The molecule has 4 N–H and O–H groups in total. The lowest BCUT2D eigenvalue weighted by Crippen LogP contribution is -2.20. The van der Waals surface area contributed by atoms with Crippen LogP contribution in [0.5, 0.6) is 0 Å². The lowest BCUT2D eigenvalue weighted by molar-refractivity contribution is 0.602. The first-order chi connectivity index (χ1) is 36.9. The monoisotopic (exact) mass is 999 g/mol. The second-order valence-corrected chi connectivity index (χ2v) is 21.2. The molecule has 10 rings (SSSR count). The molecule has 0 unspecified atom stereocenters. The third-order valence-corrected chi connectivity index (χ3v) is 15.1. The van der Waals surface area contributed by atoms with Crippen LogP contribution in [0.15, 0.2) is 225 Å². The van der Waals surface area contributed by atoms with Crippen molar-refractivity contribution in [2.24, 2.45) is 20.0 Å². The van der Waals surface area contributed by atoms with Crippen LogP contribution in [0.3, 0.4) is 0 Å². The molecular formula is C68H70N8. The van der Waals surface area contributed by atoms with E-state index in [4.69, 9.17) is 20.0 Å². The molecule has 0 radical (unpaired) electrons. The Hall–Kier alpha value is -8.36. The van der Waals surface area contributed by atoms with Gasteiger partial charge in [0.1, 0.15) is 0 Å². The summed E-state index contributed by atoms with van der Waals surface area (Å²) in [6.07, 6.45) is 12.2. The topological polar surface area (TPSA) is 113 Å². The molecule has 0 amide bonds. The number of nitrogens with zero attached hydrogens (tertiary/aromatic N) is 4. The standard InChI is InChI=1S/C68H70N8/c1-9-23-51-41-57(75-65(51)63(49-29-19-13-20-30-49)55-35-39-61(73-55)67(5,6)59-37-33-53(71-59)43-69-45(3)47-25-15-11-16-26-47)58-42-52(24-10-2)66(76-58)64(50-31-21-14-22-32-50)56-36-40-62(74-56)68(7,8)60-38-34-54(72-60)44-70-46(4)48-27-17-12-18-28-48/h11-22,25-46,71-74H,9-10,23-24H2,1-8H3/b65-63-,66-64+,69-43?,70-44?/t45-,46-/m0/s1. The fraction of sp³-hybridized carbons (Fsp3) is 0.235. The third-order valence-electron chi connectivity index (χ3n) is 15.1. The van der Waals surface area contributed by atoms with Crippen LogP contribution in [0.4, 0.5) is 0 Å². The van der Waals surface area contributed by atoms with Gasteiger partial charge >= 0.3 is 0 Å². The van der Waals surface area contributed by atoms with Gasteiger partial charge in [-0.2, -0.15) is 0 Å². The van der Waals surface area contributed by atoms with Crippen molar-refractivity contribution in [2.45, 2.75) is 104 Å². The summed E-state index contributed by atoms with van der Waals surface area (Å²) in [7, 11) is 0. The van der Waals surface area contributed by atoms with E-state index in [2.05, 4.69) is 245 Å². The first kappa shape index (κ1) is 51.1. The van der Waals surface area contributed by atoms with E-state index in [0.717, 1.165) is 116 Å². The molecule has 8 heteroatoms. The van der Waals surface area contributed by atoms with Gasteiger partial charge in [-0.25, -0.2) is 9.98 Å². The highest BCUT2D eigenvalue weighted by molar-refractivity contribution is 6.52. The highest BCUT2D eigenvalue weighted by atomic mass is 14.9. The van der Waals surface area contributed by atoms with E-state index in [1.807, 2.05) is 24.6 Å². The molecule has 0 fully saturated rings. The summed E-state index contributed by atoms with van der Waals surface area (Å²) in [5, 5.41) is 0. The summed E-state index contributed by atoms with van der Waals surface area (Å²) < 4.78 is 0. The minimum Gasteiger partial charge on any atom is -0.358 e. The molecule has 0 bridgehead atoms. The highest BCUT2D eigenvalue weighted by Crippen LogP contribution is 2.41. The number of aliphatic imine (C=N–C) groups is 4. The van der Waals surface area contributed by atoms with E-state index in [1.54, 1.807) is 0 Å². The van der Waals surface area contributed by atoms with Gasteiger partial charge in [-0.1, -0.05) is 148 Å². The fourth-order valence-corrected chi connectivity index (χ4v) is 10.4. The summed E-state index contributed by atoms with van der Waals surface area (Å²) in [6, 6.07) is 59.8. The van der Waals surface area contributed by atoms with Crippen molar-refractivity contribution in [3.8, 4) is 0 Å². The average Bonchev–Trinajstić information content (AvgIpc) is 4.35. The Morgan fingerprint density at radius 1 is 0.447 bits per heavy atom. The van der Waals surface area contributed by atoms with E-state index in [-0.39, 0.29) is 22.9 Å². The normalized spacial score (nSPS) is 16.3. The van der Waals surface area contributed by atoms with Gasteiger partial charge in [-0.3, -0.25) is 9.98 Å². The quantitative estimate of drug-likeness (QED) is 0.0579. The first-order valence-electron chi connectivity index (χ1n) is 27.0. The van der Waals surface area contributed by atoms with E-state index >= 15 is 0 Å². The molecule has 0 saturated carbocycles. The maximum atomic E-state index is 5.60. The first-order valence-corrected chi connectivity index (χ1v) is 27.0. The Morgan fingerprint density at radius 2 is 0.789 bits per heavy atom. The zero-order chi connectivity index (χ0) is 52.8. The van der Waals surface area contributed by atoms with Crippen molar-refractivity contribution in [3.05, 3.63) is 272 Å². The van der Waals surface area contributed by atoms with Crippen LogP contribution in [-0.2, 0) is 10.8 Å². The molecule has 6 heterocycles. The van der Waals surface area contributed by atoms with Gasteiger partial charge in [0, 0.05) is 68.6 Å². The van der Waals surface area contributed by atoms with Crippen LogP contribution >= 0.6 is 0 Å². The molecule has 382 valence electrons. The van der Waals surface area contributed by atoms with Crippen LogP contribution in [0.25, 0.3) is 11.1 Å². The SMILES string of the molecule is CCCC1=CC(C2=N/C(=C(\c3ccccc3)c3ccc(C(C)(C)c4ccc(C=N[C@@H](C)c5ccccc5)[nH]4)[nH]3)C(CCC)=C2)=N/C1=C(/c1ccccc1)c1ccc(C(C)(C)c2ccc(C=N[C@@H](C)c3ccccc3)[nH]2)[nH]1. The number of H-pyrrole nitrogens is 4. The number of nitrogens with one attached hydrogen (secondary N) is 4. The van der Waals surface area contributed by atoms with E-state index in [9.17, 15) is 0 Å². The summed E-state index contributed by atoms with van der Waals surface area (Å²) in [6.45, 7) is 17.8. The summed E-state index contributed by atoms with van der Waals surface area (Å²) in [4.78, 5) is 36.1. The van der Waals surface area contributed by atoms with Crippen LogP contribution < -0.4 is 0 Å². The molecule has 0 spiro atoms. The van der Waals surface area contributed by atoms with Crippen LogP contribution in [-0.4, -0.2) is 43.8 Å². The highest BCUT2D eigenvalue weighted by Gasteiger charge is 2.32. The average molecular weight is 999 g/mol. The lowest BCUT2D eigenvalue weighted by atomic mass is 9.86. The molecule has 2 aliphatic heterocycles. The molecule has 2 atom stereocenters. The van der Waals surface area contributed by atoms with Gasteiger partial charge in [0.05, 0.1) is 46.3 Å². The fourth-order valence-electron chi connectivity index (χ4n) is 10.4. The molecule has 8 nitrogen and oxygen atoms in total. The van der Waals surface area contributed by atoms with Crippen molar-refractivity contribution in [1.82, 2.24) is 19.9 Å². The molecule has 4 aromatic heterocycles. The lowest BCUT2D eigenvalue weighted by Gasteiger charge is -2.23.